The maximum Gasteiger partial charge on any atom is 0.251 e. The molecule has 0 aliphatic heterocycles. The van der Waals surface area contributed by atoms with Crippen molar-refractivity contribution in [1.82, 2.24) is 25.8 Å². The normalized spacial score (nSPS) is 15.1. The number of carbonyl (C=O) groups is 2. The summed E-state index contributed by atoms with van der Waals surface area (Å²) in [5, 5.41) is 12.6. The van der Waals surface area contributed by atoms with E-state index in [1.165, 1.54) is 6.33 Å². The largest absolute Gasteiger partial charge is 0.355 e. The Labute approximate surface area is 187 Å². The van der Waals surface area contributed by atoms with Gasteiger partial charge in [-0.3, -0.25) is 14.7 Å². The van der Waals surface area contributed by atoms with Crippen molar-refractivity contribution in [3.8, 4) is 0 Å². The van der Waals surface area contributed by atoms with Crippen LogP contribution in [0, 0.1) is 0 Å². The third-order valence-corrected chi connectivity index (χ3v) is 6.22. The molecule has 0 radical (unpaired) electrons. The lowest BCUT2D eigenvalue weighted by molar-refractivity contribution is 0.0955. The van der Waals surface area contributed by atoms with Gasteiger partial charge in [-0.25, -0.2) is 4.98 Å². The summed E-state index contributed by atoms with van der Waals surface area (Å²) in [6, 6.07) is 11.5. The number of H-pyrrole nitrogens is 1. The zero-order chi connectivity index (χ0) is 22.9. The maximum absolute atomic E-state index is 12.3. The summed E-state index contributed by atoms with van der Waals surface area (Å²) in [6.45, 7) is 1.97. The van der Waals surface area contributed by atoms with E-state index in [2.05, 4.69) is 25.8 Å². The first-order chi connectivity index (χ1) is 15.4. The van der Waals surface area contributed by atoms with Crippen molar-refractivity contribution in [2.75, 3.05) is 14.1 Å². The van der Waals surface area contributed by atoms with Gasteiger partial charge >= 0.3 is 0 Å². The topological polar surface area (TPSA) is 126 Å². The number of aryl methyl sites for hydroxylation is 2. The van der Waals surface area contributed by atoms with Crippen LogP contribution in [-0.4, -0.2) is 47.1 Å². The number of hydrogen-bond acceptors (Lipinski definition) is 5. The monoisotopic (exact) mass is 432 g/mol. The van der Waals surface area contributed by atoms with Gasteiger partial charge in [0.1, 0.15) is 12.2 Å². The fourth-order valence-electron chi connectivity index (χ4n) is 4.89. The number of aromatic nitrogens is 3. The van der Waals surface area contributed by atoms with Gasteiger partial charge in [-0.05, 0) is 72.7 Å². The minimum atomic E-state index is -0.686. The van der Waals surface area contributed by atoms with Crippen LogP contribution in [0.1, 0.15) is 62.1 Å². The average molecular weight is 433 g/mol. The standard InChI is InChI=1S/C24H28N6O2/c1-14(25)12-24(23-28-13-29-30-23)19-8-6-17(21(31)26-2)10-15(19)4-5-16-11-18(22(32)27-3)7-9-20(16)24/h6-11,13-14H,4-5,12,25H2,1-3H3,(H,26,31)(H,27,32)(H,28,29,30)/t14-/m0/s1. The minimum Gasteiger partial charge on any atom is -0.355 e. The van der Waals surface area contributed by atoms with Gasteiger partial charge in [-0.1, -0.05) is 12.1 Å². The third kappa shape index (κ3) is 3.56. The van der Waals surface area contributed by atoms with Gasteiger partial charge in [0.2, 0.25) is 0 Å². The molecule has 8 nitrogen and oxygen atoms in total. The first-order valence-corrected chi connectivity index (χ1v) is 10.7. The molecule has 0 saturated heterocycles. The van der Waals surface area contributed by atoms with E-state index in [-0.39, 0.29) is 17.9 Å². The SMILES string of the molecule is CNC(=O)c1ccc2c(c1)CCc1cc(C(=O)NC)ccc1C2(C[C@H](C)N)c1ncn[nH]1. The Morgan fingerprint density at radius 2 is 1.56 bits per heavy atom. The van der Waals surface area contributed by atoms with E-state index in [9.17, 15) is 9.59 Å². The molecule has 4 rings (SSSR count). The number of benzene rings is 2. The molecule has 8 heteroatoms. The van der Waals surface area contributed by atoms with Crippen molar-refractivity contribution in [3.63, 3.8) is 0 Å². The number of nitrogens with zero attached hydrogens (tertiary/aromatic N) is 2. The first-order valence-electron chi connectivity index (χ1n) is 10.7. The van der Waals surface area contributed by atoms with Crippen molar-refractivity contribution in [2.24, 2.45) is 5.73 Å². The summed E-state index contributed by atoms with van der Waals surface area (Å²) in [4.78, 5) is 29.2. The lowest BCUT2D eigenvalue weighted by Gasteiger charge is -2.36. The van der Waals surface area contributed by atoms with Crippen molar-refractivity contribution in [1.29, 1.82) is 0 Å². The maximum atomic E-state index is 12.3. The van der Waals surface area contributed by atoms with Crippen molar-refractivity contribution in [2.45, 2.75) is 37.6 Å². The Kier molecular flexibility index (Phi) is 5.80. The quantitative estimate of drug-likeness (QED) is 0.488. The smallest absolute Gasteiger partial charge is 0.251 e. The summed E-state index contributed by atoms with van der Waals surface area (Å²) >= 11 is 0. The summed E-state index contributed by atoms with van der Waals surface area (Å²) in [5.74, 6) is 0.433. The molecule has 0 spiro atoms. The molecule has 0 fully saturated rings. The van der Waals surface area contributed by atoms with Gasteiger partial charge in [0.25, 0.3) is 11.8 Å². The first kappa shape index (κ1) is 21.7. The highest BCUT2D eigenvalue weighted by molar-refractivity contribution is 5.95. The number of nitrogens with one attached hydrogen (secondary N) is 3. The molecule has 0 saturated carbocycles. The van der Waals surface area contributed by atoms with Gasteiger partial charge in [0, 0.05) is 31.3 Å². The Morgan fingerprint density at radius 1 is 1.03 bits per heavy atom. The van der Waals surface area contributed by atoms with E-state index >= 15 is 0 Å². The molecule has 0 bridgehead atoms. The van der Waals surface area contributed by atoms with E-state index in [0.29, 0.717) is 23.4 Å². The summed E-state index contributed by atoms with van der Waals surface area (Å²) in [7, 11) is 3.25. The van der Waals surface area contributed by atoms with Gasteiger partial charge in [0.05, 0.1) is 5.41 Å². The predicted octanol–water partition coefficient (Wildman–Crippen LogP) is 1.69. The summed E-state index contributed by atoms with van der Waals surface area (Å²) in [5.41, 5.74) is 11.1. The molecular weight excluding hydrogens is 404 g/mol. The summed E-state index contributed by atoms with van der Waals surface area (Å²) in [6.07, 6.45) is 3.53. The van der Waals surface area contributed by atoms with Crippen LogP contribution in [0.25, 0.3) is 0 Å². The number of carbonyl (C=O) groups excluding carboxylic acids is 2. The van der Waals surface area contributed by atoms with E-state index < -0.39 is 5.41 Å². The fraction of sp³-hybridized carbons (Fsp3) is 0.333. The van der Waals surface area contributed by atoms with Crippen LogP contribution in [0.5, 0.6) is 0 Å². The molecule has 1 aliphatic carbocycles. The lowest BCUT2D eigenvalue weighted by Crippen LogP contribution is -2.38. The number of hydrogen-bond donors (Lipinski definition) is 4. The Balaban J connectivity index is 2.02. The fourth-order valence-corrected chi connectivity index (χ4v) is 4.89. The molecular formula is C24H28N6O2. The summed E-state index contributed by atoms with van der Waals surface area (Å²) < 4.78 is 0. The van der Waals surface area contributed by atoms with E-state index in [1.54, 1.807) is 14.1 Å². The van der Waals surface area contributed by atoms with E-state index in [1.807, 2.05) is 43.3 Å². The van der Waals surface area contributed by atoms with Gasteiger partial charge < -0.3 is 16.4 Å². The zero-order valence-electron chi connectivity index (χ0n) is 18.5. The van der Waals surface area contributed by atoms with Crippen molar-refractivity contribution in [3.05, 3.63) is 81.9 Å². The molecule has 2 aromatic carbocycles. The molecule has 1 aromatic heterocycles. The van der Waals surface area contributed by atoms with E-state index in [4.69, 9.17) is 5.73 Å². The van der Waals surface area contributed by atoms with Crippen LogP contribution in [0.3, 0.4) is 0 Å². The molecule has 2 amide bonds. The molecule has 1 atom stereocenters. The molecule has 1 heterocycles. The third-order valence-electron chi connectivity index (χ3n) is 6.22. The number of aromatic amines is 1. The average Bonchev–Trinajstić information content (AvgIpc) is 3.31. The highest BCUT2D eigenvalue weighted by atomic mass is 16.2. The van der Waals surface area contributed by atoms with Crippen LogP contribution in [0.4, 0.5) is 0 Å². The minimum absolute atomic E-state index is 0.131. The molecule has 166 valence electrons. The van der Waals surface area contributed by atoms with Gasteiger partial charge in [-0.15, -0.1) is 0 Å². The Bertz CT molecular complexity index is 1090. The number of rotatable bonds is 5. The van der Waals surface area contributed by atoms with Crippen LogP contribution >= 0.6 is 0 Å². The molecule has 3 aromatic rings. The van der Waals surface area contributed by atoms with Crippen LogP contribution in [0.2, 0.25) is 0 Å². The van der Waals surface area contributed by atoms with Crippen molar-refractivity contribution < 1.29 is 9.59 Å². The van der Waals surface area contributed by atoms with Crippen molar-refractivity contribution >= 4 is 11.8 Å². The molecule has 1 aliphatic rings. The molecule has 0 unspecified atom stereocenters. The number of nitrogens with two attached hydrogens (primary N) is 1. The van der Waals surface area contributed by atoms with Crippen LogP contribution < -0.4 is 16.4 Å². The molecule has 5 N–H and O–H groups in total. The Hall–Kier alpha value is -3.52. The number of fused-ring (bicyclic) bond motifs is 2. The predicted molar refractivity (Wildman–Crippen MR) is 122 cm³/mol. The highest BCUT2D eigenvalue weighted by Crippen LogP contribution is 2.46. The van der Waals surface area contributed by atoms with E-state index in [0.717, 1.165) is 35.1 Å². The lowest BCUT2D eigenvalue weighted by atomic mass is 9.68. The van der Waals surface area contributed by atoms with Crippen LogP contribution in [-0.2, 0) is 18.3 Å². The second-order valence-corrected chi connectivity index (χ2v) is 8.32. The highest BCUT2D eigenvalue weighted by Gasteiger charge is 2.44. The van der Waals surface area contributed by atoms with Crippen LogP contribution in [0.15, 0.2) is 42.7 Å². The van der Waals surface area contributed by atoms with Gasteiger partial charge in [0.15, 0.2) is 0 Å². The second-order valence-electron chi connectivity index (χ2n) is 8.32. The zero-order valence-corrected chi connectivity index (χ0v) is 18.5. The van der Waals surface area contributed by atoms with Gasteiger partial charge in [-0.2, -0.15) is 5.10 Å². The second kappa shape index (κ2) is 8.55. The number of amides is 2. The molecule has 32 heavy (non-hydrogen) atoms. The Morgan fingerprint density at radius 3 is 1.97 bits per heavy atom.